The van der Waals surface area contributed by atoms with Gasteiger partial charge in [-0.05, 0) is 19.1 Å². The maximum Gasteiger partial charge on any atom is 0.306 e. The quantitative estimate of drug-likeness (QED) is 0.674. The van der Waals surface area contributed by atoms with Gasteiger partial charge in [-0.3, -0.25) is 4.79 Å². The number of ether oxygens (including phenoxy) is 2. The molecule has 1 aliphatic heterocycles. The van der Waals surface area contributed by atoms with E-state index in [-0.39, 0.29) is 30.6 Å². The first-order valence-electron chi connectivity index (χ1n) is 8.08. The zero-order chi connectivity index (χ0) is 18.6. The smallest absolute Gasteiger partial charge is 0.306 e. The summed E-state index contributed by atoms with van der Waals surface area (Å²) in [7, 11) is -3.19. The van der Waals surface area contributed by atoms with Gasteiger partial charge in [-0.2, -0.15) is 4.98 Å². The van der Waals surface area contributed by atoms with Crippen molar-refractivity contribution in [3.63, 3.8) is 0 Å². The minimum Gasteiger partial charge on any atom is -0.493 e. The van der Waals surface area contributed by atoms with E-state index >= 15 is 0 Å². The normalized spacial score (nSPS) is 18.0. The monoisotopic (exact) mass is 378 g/mol. The Morgan fingerprint density at radius 1 is 1.35 bits per heavy atom. The Hall–Kier alpha value is -2.68. The molecule has 1 unspecified atom stereocenters. The molecule has 9 heteroatoms. The zero-order valence-corrected chi connectivity index (χ0v) is 14.9. The summed E-state index contributed by atoms with van der Waals surface area (Å²) in [5, 5.41) is 5.01. The van der Waals surface area contributed by atoms with Crippen LogP contribution in [0.5, 0.6) is 5.75 Å². The molecular weight excluding hydrogens is 360 g/mol. The largest absolute Gasteiger partial charge is 0.493 e. The number of aromatic nitrogens is 2. The summed E-state index contributed by atoms with van der Waals surface area (Å²) in [6.45, 7) is 2.21. The molecule has 1 aromatic carbocycles. The number of para-hydroxylation sites is 1. The molecule has 26 heavy (non-hydrogen) atoms. The summed E-state index contributed by atoms with van der Waals surface area (Å²) in [6.07, 6.45) is 1.50. The van der Waals surface area contributed by atoms with Crippen molar-refractivity contribution in [1.29, 1.82) is 0 Å². The summed E-state index contributed by atoms with van der Waals surface area (Å²) in [5.74, 6) is 0.170. The first kappa shape index (κ1) is 18.1. The van der Waals surface area contributed by atoms with Crippen molar-refractivity contribution < 1.29 is 27.2 Å². The van der Waals surface area contributed by atoms with E-state index in [0.29, 0.717) is 23.7 Å². The van der Waals surface area contributed by atoms with Gasteiger partial charge in [0.25, 0.3) is 5.89 Å². The molecule has 138 valence electrons. The highest BCUT2D eigenvalue weighted by Crippen LogP contribution is 2.27. The molecule has 3 rings (SSSR count). The molecule has 0 saturated heterocycles. The fourth-order valence-corrected chi connectivity index (χ4v) is 3.94. The van der Waals surface area contributed by atoms with E-state index in [1.165, 1.54) is 6.08 Å². The first-order valence-corrected chi connectivity index (χ1v) is 9.80. The molecule has 1 atom stereocenters. The van der Waals surface area contributed by atoms with E-state index in [1.54, 1.807) is 12.1 Å². The van der Waals surface area contributed by atoms with Crippen LogP contribution in [0.4, 0.5) is 0 Å². The molecular formula is C17H18N2O6S. The Bertz CT molecular complexity index is 919. The number of carbonyl (C=O) groups is 1. The van der Waals surface area contributed by atoms with E-state index in [9.17, 15) is 13.2 Å². The summed E-state index contributed by atoms with van der Waals surface area (Å²) >= 11 is 0. The molecule has 0 radical (unpaired) electrons. The highest BCUT2D eigenvalue weighted by atomic mass is 32.2. The van der Waals surface area contributed by atoms with Gasteiger partial charge in [0.05, 0.1) is 24.3 Å². The van der Waals surface area contributed by atoms with Gasteiger partial charge < -0.3 is 14.0 Å². The van der Waals surface area contributed by atoms with Crippen LogP contribution in [-0.2, 0) is 26.0 Å². The fraction of sp³-hybridized carbons (Fsp3) is 0.353. The number of nitrogens with zero attached hydrogens (tertiary/aromatic N) is 2. The van der Waals surface area contributed by atoms with Crippen LogP contribution >= 0.6 is 0 Å². The Morgan fingerprint density at radius 2 is 2.15 bits per heavy atom. The molecule has 2 aromatic rings. The summed E-state index contributed by atoms with van der Waals surface area (Å²) in [6, 6.07) is 7.28. The lowest BCUT2D eigenvalue weighted by molar-refractivity contribution is -0.146. The predicted octanol–water partition coefficient (Wildman–Crippen LogP) is 2.13. The maximum atomic E-state index is 11.8. The lowest BCUT2D eigenvalue weighted by Crippen LogP contribution is -2.13. The summed E-state index contributed by atoms with van der Waals surface area (Å²) < 4.78 is 38.4. The van der Waals surface area contributed by atoms with Crippen LogP contribution in [0.25, 0.3) is 11.4 Å². The van der Waals surface area contributed by atoms with Crippen molar-refractivity contribution in [3.05, 3.63) is 41.6 Å². The minimum absolute atomic E-state index is 0.0100. The Balaban J connectivity index is 1.58. The molecule has 0 saturated carbocycles. The molecule has 2 heterocycles. The molecule has 1 aliphatic rings. The van der Waals surface area contributed by atoms with E-state index in [4.69, 9.17) is 14.0 Å². The van der Waals surface area contributed by atoms with E-state index in [0.717, 1.165) is 5.41 Å². The number of sulfone groups is 1. The van der Waals surface area contributed by atoms with E-state index in [1.807, 2.05) is 19.1 Å². The van der Waals surface area contributed by atoms with Crippen LogP contribution in [0.15, 0.2) is 40.3 Å². The molecule has 0 bridgehead atoms. The average molecular weight is 378 g/mol. The lowest BCUT2D eigenvalue weighted by atomic mass is 10.1. The third-order valence-electron chi connectivity index (χ3n) is 3.69. The van der Waals surface area contributed by atoms with E-state index < -0.39 is 15.8 Å². The molecule has 0 N–H and O–H groups in total. The van der Waals surface area contributed by atoms with Crippen molar-refractivity contribution in [1.82, 2.24) is 10.1 Å². The van der Waals surface area contributed by atoms with Crippen molar-refractivity contribution in [2.45, 2.75) is 20.0 Å². The number of rotatable bonds is 7. The molecule has 0 aliphatic carbocycles. The van der Waals surface area contributed by atoms with Gasteiger partial charge in [-0.1, -0.05) is 23.4 Å². The van der Waals surface area contributed by atoms with Crippen LogP contribution in [0.3, 0.4) is 0 Å². The van der Waals surface area contributed by atoms with E-state index in [2.05, 4.69) is 10.1 Å². The highest BCUT2D eigenvalue weighted by molar-refractivity contribution is 7.94. The standard InChI is InChI=1S/C17H18N2O6S/c1-2-23-14-6-4-3-5-13(14)17-18-15(25-19-17)10-24-16(20)9-12-7-8-26(21,22)11-12/h3-8,12H,2,9-11H2,1H3. The van der Waals surface area contributed by atoms with Crippen LogP contribution in [0.2, 0.25) is 0 Å². The third kappa shape index (κ3) is 4.48. The SMILES string of the molecule is CCOc1ccccc1-c1noc(COC(=O)CC2C=CS(=O)(=O)C2)n1. The topological polar surface area (TPSA) is 109 Å². The first-order chi connectivity index (χ1) is 12.5. The van der Waals surface area contributed by atoms with Crippen LogP contribution in [0, 0.1) is 5.92 Å². The van der Waals surface area contributed by atoms with Crippen LogP contribution in [-0.4, -0.2) is 36.9 Å². The zero-order valence-electron chi connectivity index (χ0n) is 14.1. The summed E-state index contributed by atoms with van der Waals surface area (Å²) in [5.41, 5.74) is 0.678. The molecule has 0 fully saturated rings. The Kier molecular flexibility index (Phi) is 5.36. The second-order valence-corrected chi connectivity index (χ2v) is 7.66. The second-order valence-electron chi connectivity index (χ2n) is 5.72. The van der Waals surface area contributed by atoms with Gasteiger partial charge in [0.2, 0.25) is 5.82 Å². The van der Waals surface area contributed by atoms with Crippen LogP contribution < -0.4 is 4.74 Å². The minimum atomic E-state index is -3.19. The van der Waals surface area contributed by atoms with Crippen molar-refractivity contribution in [2.75, 3.05) is 12.4 Å². The van der Waals surface area contributed by atoms with Crippen molar-refractivity contribution in [3.8, 4) is 17.1 Å². The van der Waals surface area contributed by atoms with Gasteiger partial charge >= 0.3 is 5.97 Å². The Morgan fingerprint density at radius 3 is 2.88 bits per heavy atom. The fourth-order valence-electron chi connectivity index (χ4n) is 2.54. The van der Waals surface area contributed by atoms with Gasteiger partial charge in [0.1, 0.15) is 5.75 Å². The van der Waals surface area contributed by atoms with Gasteiger partial charge in [-0.15, -0.1) is 0 Å². The third-order valence-corrected chi connectivity index (χ3v) is 5.15. The van der Waals surface area contributed by atoms with Crippen molar-refractivity contribution >= 4 is 15.8 Å². The highest BCUT2D eigenvalue weighted by Gasteiger charge is 2.24. The number of benzene rings is 1. The van der Waals surface area contributed by atoms with Crippen LogP contribution in [0.1, 0.15) is 19.2 Å². The Labute approximate surface area is 150 Å². The van der Waals surface area contributed by atoms with Gasteiger partial charge in [-0.25, -0.2) is 8.42 Å². The number of hydrogen-bond donors (Lipinski definition) is 0. The molecule has 1 aromatic heterocycles. The predicted molar refractivity (Wildman–Crippen MR) is 91.7 cm³/mol. The molecule has 8 nitrogen and oxygen atoms in total. The van der Waals surface area contributed by atoms with Crippen molar-refractivity contribution in [2.24, 2.45) is 5.92 Å². The summed E-state index contributed by atoms with van der Waals surface area (Å²) in [4.78, 5) is 16.0. The molecule has 0 amide bonds. The lowest BCUT2D eigenvalue weighted by Gasteiger charge is -2.06. The number of allylic oxidation sites excluding steroid dienone is 1. The number of esters is 1. The second kappa shape index (κ2) is 7.69. The number of hydrogen-bond acceptors (Lipinski definition) is 8. The number of carbonyl (C=O) groups excluding carboxylic acids is 1. The van der Waals surface area contributed by atoms with Gasteiger partial charge in [0, 0.05) is 11.3 Å². The maximum absolute atomic E-state index is 11.8. The van der Waals surface area contributed by atoms with Gasteiger partial charge in [0.15, 0.2) is 16.4 Å². The average Bonchev–Trinajstić information content (AvgIpc) is 3.20. The molecule has 0 spiro atoms.